The van der Waals surface area contributed by atoms with Crippen molar-refractivity contribution in [3.8, 4) is 0 Å². The molecule has 2 N–H and O–H groups in total. The van der Waals surface area contributed by atoms with Gasteiger partial charge in [0.1, 0.15) is 6.61 Å². The molecule has 6 heteroatoms. The maximum absolute atomic E-state index is 12.3. The summed E-state index contributed by atoms with van der Waals surface area (Å²) in [5.74, 6) is 0.457. The van der Waals surface area contributed by atoms with Crippen molar-refractivity contribution >= 4 is 5.97 Å². The largest absolute Gasteiger partial charge is 0.497 e. The maximum Gasteiger partial charge on any atom is 0.305 e. The van der Waals surface area contributed by atoms with Gasteiger partial charge in [-0.1, -0.05) is 91.1 Å². The first-order chi connectivity index (χ1) is 17.5. The standard InChI is InChI=1S/C30H57NO5/c1-4-6-8-10-12-14-19-29(32)35-23-27(22-26(3)34-25-28-18-16-17-21-31-28)24-36-30(33)20-15-13-11-9-7-5-2/h27-29,31-32H,3-25H2,1-2H3. The number of rotatable bonds is 24. The van der Waals surface area contributed by atoms with Crippen LogP contribution >= 0.6 is 0 Å². The molecule has 0 amide bonds. The number of nitrogens with one attached hydrogen (secondary N) is 1. The lowest BCUT2D eigenvalue weighted by Crippen LogP contribution is -2.37. The molecule has 0 aromatic heterocycles. The summed E-state index contributed by atoms with van der Waals surface area (Å²) in [4.78, 5) is 12.3. The molecule has 1 fully saturated rings. The lowest BCUT2D eigenvalue weighted by Gasteiger charge is -2.25. The van der Waals surface area contributed by atoms with E-state index in [1.54, 1.807) is 0 Å². The van der Waals surface area contributed by atoms with E-state index < -0.39 is 6.29 Å². The maximum atomic E-state index is 12.3. The zero-order chi connectivity index (χ0) is 26.3. The topological polar surface area (TPSA) is 77.0 Å². The number of unbranched alkanes of at least 4 members (excludes halogenated alkanes) is 10. The van der Waals surface area contributed by atoms with Crippen LogP contribution in [0, 0.1) is 5.92 Å². The highest BCUT2D eigenvalue weighted by Gasteiger charge is 2.19. The zero-order valence-corrected chi connectivity index (χ0v) is 23.6. The fourth-order valence-corrected chi connectivity index (χ4v) is 4.59. The summed E-state index contributed by atoms with van der Waals surface area (Å²) in [6, 6.07) is 0.375. The molecular weight excluding hydrogens is 454 g/mol. The van der Waals surface area contributed by atoms with E-state index in [0.717, 1.165) is 38.6 Å². The molecule has 212 valence electrons. The Balaban J connectivity index is 2.36. The van der Waals surface area contributed by atoms with E-state index >= 15 is 0 Å². The summed E-state index contributed by atoms with van der Waals surface area (Å²) in [7, 11) is 0. The van der Waals surface area contributed by atoms with Crippen LogP contribution in [0.3, 0.4) is 0 Å². The lowest BCUT2D eigenvalue weighted by atomic mass is 10.1. The third-order valence-electron chi connectivity index (χ3n) is 6.96. The molecule has 0 bridgehead atoms. The number of allylic oxidation sites excluding steroid dienone is 1. The van der Waals surface area contributed by atoms with Gasteiger partial charge in [0, 0.05) is 24.8 Å². The summed E-state index contributed by atoms with van der Waals surface area (Å²) in [6.07, 6.45) is 18.4. The first kappa shape index (κ1) is 32.9. The van der Waals surface area contributed by atoms with Gasteiger partial charge in [-0.25, -0.2) is 0 Å². The SMILES string of the molecule is C=C(CC(COC(=O)CCCCCCCC)COC(O)CCCCCCCC)OCC1CCCCN1. The minimum Gasteiger partial charge on any atom is -0.497 e. The Morgan fingerprint density at radius 3 is 2.25 bits per heavy atom. The monoisotopic (exact) mass is 511 g/mol. The van der Waals surface area contributed by atoms with Gasteiger partial charge >= 0.3 is 5.97 Å². The third-order valence-corrected chi connectivity index (χ3v) is 6.96. The normalized spacial score (nSPS) is 17.5. The first-order valence-corrected chi connectivity index (χ1v) is 15.0. The van der Waals surface area contributed by atoms with Crippen molar-refractivity contribution in [3.63, 3.8) is 0 Å². The van der Waals surface area contributed by atoms with E-state index in [-0.39, 0.29) is 18.5 Å². The molecule has 0 aliphatic carbocycles. The first-order valence-electron chi connectivity index (χ1n) is 15.0. The molecule has 3 atom stereocenters. The van der Waals surface area contributed by atoms with Crippen molar-refractivity contribution < 1.29 is 24.1 Å². The Kier molecular flexibility index (Phi) is 21.1. The van der Waals surface area contributed by atoms with Crippen LogP contribution in [0.5, 0.6) is 0 Å². The number of carbonyl (C=O) groups is 1. The molecule has 0 spiro atoms. The van der Waals surface area contributed by atoms with Crippen molar-refractivity contribution in [2.24, 2.45) is 5.92 Å². The van der Waals surface area contributed by atoms with Gasteiger partial charge in [0.05, 0.1) is 19.0 Å². The van der Waals surface area contributed by atoms with Crippen molar-refractivity contribution in [2.45, 2.75) is 142 Å². The van der Waals surface area contributed by atoms with Crippen LogP contribution in [0.4, 0.5) is 0 Å². The van der Waals surface area contributed by atoms with Crippen LogP contribution < -0.4 is 5.32 Å². The molecule has 1 heterocycles. The predicted octanol–water partition coefficient (Wildman–Crippen LogP) is 7.04. The fraction of sp³-hybridized carbons (Fsp3) is 0.900. The summed E-state index contributed by atoms with van der Waals surface area (Å²) in [5.41, 5.74) is 0. The molecule has 3 unspecified atom stereocenters. The van der Waals surface area contributed by atoms with E-state index in [2.05, 4.69) is 25.7 Å². The Hall–Kier alpha value is -1.11. The van der Waals surface area contributed by atoms with Crippen LogP contribution in [-0.2, 0) is 19.0 Å². The number of hydrogen-bond donors (Lipinski definition) is 2. The second-order valence-corrected chi connectivity index (χ2v) is 10.6. The number of ether oxygens (including phenoxy) is 3. The lowest BCUT2D eigenvalue weighted by molar-refractivity contribution is -0.149. The van der Waals surface area contributed by atoms with Crippen LogP contribution in [0.1, 0.15) is 129 Å². The van der Waals surface area contributed by atoms with Gasteiger partial charge < -0.3 is 24.6 Å². The zero-order valence-electron chi connectivity index (χ0n) is 23.6. The molecule has 1 rings (SSSR count). The molecule has 0 radical (unpaired) electrons. The molecule has 1 aliphatic rings. The second kappa shape index (κ2) is 23.0. The molecule has 1 aliphatic heterocycles. The fourth-order valence-electron chi connectivity index (χ4n) is 4.59. The highest BCUT2D eigenvalue weighted by atomic mass is 16.6. The van der Waals surface area contributed by atoms with Crippen LogP contribution in [0.2, 0.25) is 0 Å². The average Bonchev–Trinajstić information content (AvgIpc) is 2.89. The number of aliphatic hydroxyl groups excluding tert-OH is 1. The average molecular weight is 512 g/mol. The molecule has 1 saturated heterocycles. The van der Waals surface area contributed by atoms with Crippen molar-refractivity contribution in [1.82, 2.24) is 5.32 Å². The van der Waals surface area contributed by atoms with Gasteiger partial charge in [-0.05, 0) is 38.6 Å². The number of esters is 1. The highest BCUT2D eigenvalue weighted by molar-refractivity contribution is 5.69. The smallest absolute Gasteiger partial charge is 0.305 e. The molecular formula is C30H57NO5. The summed E-state index contributed by atoms with van der Waals surface area (Å²) in [5, 5.41) is 13.8. The summed E-state index contributed by atoms with van der Waals surface area (Å²) < 4.78 is 17.3. The van der Waals surface area contributed by atoms with E-state index in [4.69, 9.17) is 14.2 Å². The third kappa shape index (κ3) is 19.1. The Morgan fingerprint density at radius 2 is 1.58 bits per heavy atom. The second-order valence-electron chi connectivity index (χ2n) is 10.6. The van der Waals surface area contributed by atoms with Gasteiger partial charge in [-0.15, -0.1) is 0 Å². The van der Waals surface area contributed by atoms with Crippen LogP contribution in [0.25, 0.3) is 0 Å². The van der Waals surface area contributed by atoms with Gasteiger partial charge in [0.15, 0.2) is 6.29 Å². The van der Waals surface area contributed by atoms with Crippen molar-refractivity contribution in [3.05, 3.63) is 12.3 Å². The number of aliphatic hydroxyl groups is 1. The molecule has 0 aromatic carbocycles. The van der Waals surface area contributed by atoms with Crippen molar-refractivity contribution in [2.75, 3.05) is 26.4 Å². The minimum atomic E-state index is -0.780. The molecule has 36 heavy (non-hydrogen) atoms. The summed E-state index contributed by atoms with van der Waals surface area (Å²) in [6.45, 7) is 10.8. The highest BCUT2D eigenvalue weighted by Crippen LogP contribution is 2.18. The van der Waals surface area contributed by atoms with Gasteiger partial charge in [-0.2, -0.15) is 0 Å². The minimum absolute atomic E-state index is 0.0791. The Morgan fingerprint density at radius 1 is 0.917 bits per heavy atom. The van der Waals surface area contributed by atoms with Gasteiger partial charge in [0.2, 0.25) is 0 Å². The predicted molar refractivity (Wildman–Crippen MR) is 148 cm³/mol. The Bertz CT molecular complexity index is 535. The molecule has 0 aromatic rings. The van der Waals surface area contributed by atoms with E-state index in [9.17, 15) is 9.90 Å². The molecule has 0 saturated carbocycles. The van der Waals surface area contributed by atoms with Gasteiger partial charge in [0.25, 0.3) is 0 Å². The van der Waals surface area contributed by atoms with Crippen LogP contribution in [-0.4, -0.2) is 49.8 Å². The quantitative estimate of drug-likeness (QED) is 0.0626. The summed E-state index contributed by atoms with van der Waals surface area (Å²) >= 11 is 0. The number of hydrogen-bond acceptors (Lipinski definition) is 6. The van der Waals surface area contributed by atoms with E-state index in [1.165, 1.54) is 64.2 Å². The Labute approximate surface area is 221 Å². The number of piperidine rings is 1. The van der Waals surface area contributed by atoms with Crippen molar-refractivity contribution in [1.29, 1.82) is 0 Å². The van der Waals surface area contributed by atoms with Gasteiger partial charge in [-0.3, -0.25) is 4.79 Å². The number of carbonyl (C=O) groups excluding carboxylic acids is 1. The molecule has 6 nitrogen and oxygen atoms in total. The van der Waals surface area contributed by atoms with Crippen LogP contribution in [0.15, 0.2) is 12.3 Å². The van der Waals surface area contributed by atoms with E-state index in [1.807, 2.05) is 0 Å². The van der Waals surface area contributed by atoms with E-state index in [0.29, 0.717) is 44.3 Å².